The van der Waals surface area contributed by atoms with Crippen molar-refractivity contribution in [1.29, 1.82) is 0 Å². The van der Waals surface area contributed by atoms with Gasteiger partial charge in [-0.15, -0.1) is 11.3 Å². The third-order valence-corrected chi connectivity index (χ3v) is 14.2. The Bertz CT molecular complexity index is 3300. The highest BCUT2D eigenvalue weighted by atomic mass is 32.1. The molecule has 322 valence electrons. The predicted octanol–water partition coefficient (Wildman–Crippen LogP) is 6.83. The van der Waals surface area contributed by atoms with Gasteiger partial charge >= 0.3 is 11.4 Å². The summed E-state index contributed by atoms with van der Waals surface area (Å²) in [7, 11) is 1.72. The molecule has 2 fully saturated rings. The number of amides is 1. The zero-order valence-corrected chi connectivity index (χ0v) is 36.0. The lowest BCUT2D eigenvalue weighted by atomic mass is 9.88. The van der Waals surface area contributed by atoms with Crippen LogP contribution in [0.15, 0.2) is 69.1 Å². The van der Waals surface area contributed by atoms with Gasteiger partial charge in [0, 0.05) is 56.1 Å². The van der Waals surface area contributed by atoms with E-state index in [1.807, 2.05) is 12.1 Å². The van der Waals surface area contributed by atoms with Crippen molar-refractivity contribution in [3.05, 3.63) is 132 Å². The van der Waals surface area contributed by atoms with Crippen molar-refractivity contribution in [2.45, 2.75) is 83.3 Å². The van der Waals surface area contributed by atoms with Crippen molar-refractivity contribution >= 4 is 38.4 Å². The number of H-pyrrole nitrogens is 1. The molecule has 7 heterocycles. The Morgan fingerprint density at radius 3 is 2.52 bits per heavy atom. The minimum absolute atomic E-state index is 0.0422. The summed E-state index contributed by atoms with van der Waals surface area (Å²) in [5.41, 5.74) is 3.47. The van der Waals surface area contributed by atoms with E-state index in [-0.39, 0.29) is 40.9 Å². The molecular weight excluding hydrogens is 831 g/mol. The molecule has 1 saturated carbocycles. The van der Waals surface area contributed by atoms with Gasteiger partial charge in [-0.25, -0.2) is 28.0 Å². The highest BCUT2D eigenvalue weighted by molar-refractivity contribution is 7.18. The molecule has 0 radical (unpaired) electrons. The number of hydrogen-bond acceptors (Lipinski definition) is 10. The highest BCUT2D eigenvalue weighted by Crippen LogP contribution is 2.54. The molecule has 2 aliphatic heterocycles. The fraction of sp³-hybridized carbons (Fsp3) is 0.356. The Kier molecular flexibility index (Phi) is 8.73. The number of aryl methyl sites for hydroxylation is 3. The molecule has 1 amide bonds. The zero-order chi connectivity index (χ0) is 43.7. The van der Waals surface area contributed by atoms with E-state index in [4.69, 9.17) is 19.3 Å². The molecule has 3 aliphatic rings. The van der Waals surface area contributed by atoms with Gasteiger partial charge in [-0.3, -0.25) is 28.1 Å². The quantitative estimate of drug-likeness (QED) is 0.181. The van der Waals surface area contributed by atoms with Crippen LogP contribution in [0.4, 0.5) is 8.78 Å². The van der Waals surface area contributed by atoms with Gasteiger partial charge in [-0.2, -0.15) is 10.2 Å². The maximum absolute atomic E-state index is 16.0. The number of aromatic amines is 1. The van der Waals surface area contributed by atoms with Gasteiger partial charge in [-0.1, -0.05) is 5.16 Å². The smallest absolute Gasteiger partial charge is 0.376 e. The number of carbonyl (C=O) groups is 1. The van der Waals surface area contributed by atoms with Gasteiger partial charge < -0.3 is 9.64 Å². The summed E-state index contributed by atoms with van der Waals surface area (Å²) in [6.45, 7) is 8.53. The molecule has 0 spiro atoms. The molecule has 11 rings (SSSR count). The van der Waals surface area contributed by atoms with Crippen molar-refractivity contribution in [3.63, 3.8) is 0 Å². The molecule has 18 heteroatoms. The van der Waals surface area contributed by atoms with Gasteiger partial charge in [-0.05, 0) is 106 Å². The third-order valence-electron chi connectivity index (χ3n) is 13.1. The van der Waals surface area contributed by atoms with Crippen LogP contribution in [-0.2, 0) is 30.2 Å². The number of halogens is 2. The number of aromatic nitrogens is 9. The van der Waals surface area contributed by atoms with Crippen LogP contribution in [0, 0.1) is 25.5 Å². The lowest BCUT2D eigenvalue weighted by Gasteiger charge is -2.34. The van der Waals surface area contributed by atoms with Crippen molar-refractivity contribution in [2.24, 2.45) is 7.05 Å². The van der Waals surface area contributed by atoms with E-state index in [0.717, 1.165) is 28.1 Å². The average Bonchev–Trinajstić information content (AvgIpc) is 3.71. The number of rotatable bonds is 7. The third kappa shape index (κ3) is 6.24. The molecule has 15 nitrogen and oxygen atoms in total. The van der Waals surface area contributed by atoms with Crippen LogP contribution < -0.4 is 11.4 Å². The number of ether oxygens (including phenoxy) is 1. The highest BCUT2D eigenvalue weighted by Gasteiger charge is 2.52. The number of imidazole rings is 1. The minimum atomic E-state index is -0.740. The van der Waals surface area contributed by atoms with E-state index >= 15 is 13.6 Å². The number of carbonyl (C=O) groups excluding carboxylic acids is 1. The Labute approximate surface area is 361 Å². The minimum Gasteiger partial charge on any atom is -0.376 e. The van der Waals surface area contributed by atoms with Crippen molar-refractivity contribution in [3.8, 4) is 17.2 Å². The van der Waals surface area contributed by atoms with Crippen molar-refractivity contribution < 1.29 is 22.8 Å². The number of fused-ring (bicyclic) bond motifs is 3. The maximum atomic E-state index is 16.0. The zero-order valence-electron chi connectivity index (χ0n) is 35.2. The Morgan fingerprint density at radius 1 is 1.02 bits per heavy atom. The maximum Gasteiger partial charge on any atom is 0.438 e. The molecule has 1 atom stereocenters. The fourth-order valence-corrected chi connectivity index (χ4v) is 10.8. The van der Waals surface area contributed by atoms with Crippen LogP contribution in [-0.4, -0.2) is 73.4 Å². The lowest BCUT2D eigenvalue weighted by Crippen LogP contribution is -2.37. The second kappa shape index (κ2) is 14.0. The average molecular weight is 873 g/mol. The van der Waals surface area contributed by atoms with Crippen LogP contribution in [0.5, 0.6) is 0 Å². The van der Waals surface area contributed by atoms with E-state index in [9.17, 15) is 9.59 Å². The molecule has 0 bridgehead atoms. The summed E-state index contributed by atoms with van der Waals surface area (Å²) in [5, 5.41) is 14.5. The standard InChI is InChI=1S/C45H42F2N10O5S/c1-23-16-26(17-24(2)36(23)46)57-39(56-14-13-55(43(56)60)34-7-6-33-28(37(34)47)21-48-53(33)5)29-22-54(12-8-31(29)51-57)40(58)27-18-32-35(63-38(49-32)25-9-15-61-44(3,4)20-25)19-30(27)45(10-11-45)41-50-42(59)62-52-41/h6-7,13-14,16-19,21,25H,8-12,15,20,22H2,1-5H3,(H,50,52,59)/t25-/m0/s1. The number of benzene rings is 3. The van der Waals surface area contributed by atoms with Gasteiger partial charge in [0.05, 0.1) is 67.0 Å². The Hall–Kier alpha value is -6.53. The van der Waals surface area contributed by atoms with Gasteiger partial charge in [0.25, 0.3) is 5.91 Å². The Morgan fingerprint density at radius 2 is 1.79 bits per heavy atom. The fourth-order valence-electron chi connectivity index (χ4n) is 9.64. The molecule has 3 aromatic carbocycles. The van der Waals surface area contributed by atoms with E-state index in [1.54, 1.807) is 70.9 Å². The monoisotopic (exact) mass is 872 g/mol. The van der Waals surface area contributed by atoms with E-state index in [2.05, 4.69) is 29.1 Å². The molecule has 0 unspecified atom stereocenters. The van der Waals surface area contributed by atoms with Gasteiger partial charge in [0.2, 0.25) is 0 Å². The van der Waals surface area contributed by atoms with Crippen LogP contribution in [0.1, 0.15) is 94.6 Å². The summed E-state index contributed by atoms with van der Waals surface area (Å²) in [5.74, 6) is -0.966. The van der Waals surface area contributed by atoms with Crippen LogP contribution >= 0.6 is 11.3 Å². The number of nitrogens with one attached hydrogen (secondary N) is 1. The summed E-state index contributed by atoms with van der Waals surface area (Å²) >= 11 is 1.61. The topological polar surface area (TPSA) is 164 Å². The molecule has 1 aliphatic carbocycles. The first kappa shape index (κ1) is 39.3. The molecule has 5 aromatic heterocycles. The Balaban J connectivity index is 1.03. The van der Waals surface area contributed by atoms with E-state index in [0.29, 0.717) is 88.7 Å². The van der Waals surface area contributed by atoms with Crippen LogP contribution in [0.25, 0.3) is 38.3 Å². The summed E-state index contributed by atoms with van der Waals surface area (Å²) in [4.78, 5) is 51.6. The first-order valence-corrected chi connectivity index (χ1v) is 21.7. The molecule has 1 N–H and O–H groups in total. The number of nitrogens with zero attached hydrogens (tertiary/aromatic N) is 9. The largest absolute Gasteiger partial charge is 0.438 e. The van der Waals surface area contributed by atoms with E-state index < -0.39 is 22.7 Å². The number of thiazole rings is 1. The molecular formula is C45H42F2N10O5S. The normalized spacial score (nSPS) is 18.1. The van der Waals surface area contributed by atoms with Gasteiger partial charge in [0.1, 0.15) is 11.6 Å². The second-order valence-electron chi connectivity index (χ2n) is 17.7. The van der Waals surface area contributed by atoms with Crippen molar-refractivity contribution in [2.75, 3.05) is 13.2 Å². The van der Waals surface area contributed by atoms with Crippen LogP contribution in [0.3, 0.4) is 0 Å². The first-order chi connectivity index (χ1) is 30.2. The number of hydrogen-bond donors (Lipinski definition) is 1. The van der Waals surface area contributed by atoms with Crippen molar-refractivity contribution in [1.82, 2.24) is 48.7 Å². The van der Waals surface area contributed by atoms with Gasteiger partial charge in [0.15, 0.2) is 11.6 Å². The predicted molar refractivity (Wildman–Crippen MR) is 229 cm³/mol. The molecule has 8 aromatic rings. The summed E-state index contributed by atoms with van der Waals surface area (Å²) < 4.78 is 48.8. The van der Waals surface area contributed by atoms with Crippen LogP contribution in [0.2, 0.25) is 0 Å². The SMILES string of the molecule is Cc1cc(-n2nc3c(c2-n2ccn(-c4ccc5c(cnn5C)c4F)c2=O)CN(C(=O)c2cc4nc([C@H]5CCOC(C)(C)C5)sc4cc2C2(c4noc(=O)[nH]4)CC2)CC3)cc(C)c1F. The summed E-state index contributed by atoms with van der Waals surface area (Å²) in [6.07, 6.45) is 7.77. The van der Waals surface area contributed by atoms with E-state index in [1.165, 1.54) is 27.6 Å². The lowest BCUT2D eigenvalue weighted by molar-refractivity contribution is -0.0593. The first-order valence-electron chi connectivity index (χ1n) is 20.9. The second-order valence-corrected chi connectivity index (χ2v) is 18.8. The molecule has 63 heavy (non-hydrogen) atoms. The summed E-state index contributed by atoms with van der Waals surface area (Å²) in [6, 6.07) is 10.5. The molecule has 1 saturated heterocycles.